The lowest BCUT2D eigenvalue weighted by molar-refractivity contribution is -0.479. The van der Waals surface area contributed by atoms with E-state index in [0.29, 0.717) is 6.42 Å². The third-order valence-electron chi connectivity index (χ3n) is 3.58. The van der Waals surface area contributed by atoms with E-state index in [2.05, 4.69) is 23.2 Å². The highest BCUT2D eigenvalue weighted by Gasteiger charge is 2.09. The standard InChI is InChI=1S/C18H16N2O2S/c21-20(22)11-9-15-13-19-17-8-4-5-14(18(15)17)10-12-23-16-6-2-1-3-7-16/h1-8,10,12-13,19H,9,11H2/b12-10+. The van der Waals surface area contributed by atoms with Gasteiger partial charge in [0, 0.05) is 33.3 Å². The van der Waals surface area contributed by atoms with Crippen LogP contribution in [-0.4, -0.2) is 16.5 Å². The van der Waals surface area contributed by atoms with Gasteiger partial charge in [0.15, 0.2) is 0 Å². The number of aromatic nitrogens is 1. The molecule has 0 aliphatic carbocycles. The van der Waals surface area contributed by atoms with Crippen molar-refractivity contribution in [3.63, 3.8) is 0 Å². The summed E-state index contributed by atoms with van der Waals surface area (Å²) in [6, 6.07) is 16.2. The molecule has 4 nitrogen and oxygen atoms in total. The van der Waals surface area contributed by atoms with Crippen molar-refractivity contribution in [3.05, 3.63) is 81.4 Å². The molecule has 1 N–H and O–H groups in total. The number of H-pyrrole nitrogens is 1. The van der Waals surface area contributed by atoms with E-state index in [1.807, 2.05) is 48.0 Å². The van der Waals surface area contributed by atoms with Crippen LogP contribution in [0.1, 0.15) is 11.1 Å². The van der Waals surface area contributed by atoms with Gasteiger partial charge in [0.2, 0.25) is 6.54 Å². The highest BCUT2D eigenvalue weighted by atomic mass is 32.2. The Kier molecular flexibility index (Phi) is 4.78. The fourth-order valence-corrected chi connectivity index (χ4v) is 3.20. The van der Waals surface area contributed by atoms with Crippen LogP contribution in [0.15, 0.2) is 65.0 Å². The summed E-state index contributed by atoms with van der Waals surface area (Å²) < 4.78 is 0. The van der Waals surface area contributed by atoms with E-state index in [0.717, 1.165) is 22.0 Å². The van der Waals surface area contributed by atoms with Crippen molar-refractivity contribution >= 4 is 28.7 Å². The molecule has 1 aromatic heterocycles. The summed E-state index contributed by atoms with van der Waals surface area (Å²) in [5.41, 5.74) is 3.07. The molecule has 5 heteroatoms. The minimum Gasteiger partial charge on any atom is -0.361 e. The Morgan fingerprint density at radius 1 is 1.13 bits per heavy atom. The molecule has 0 spiro atoms. The van der Waals surface area contributed by atoms with Crippen LogP contribution < -0.4 is 0 Å². The summed E-state index contributed by atoms with van der Waals surface area (Å²) in [6.07, 6.45) is 4.36. The highest BCUT2D eigenvalue weighted by Crippen LogP contribution is 2.26. The number of fused-ring (bicyclic) bond motifs is 1. The van der Waals surface area contributed by atoms with Crippen LogP contribution in [0.2, 0.25) is 0 Å². The van der Waals surface area contributed by atoms with Crippen LogP contribution in [0, 0.1) is 10.1 Å². The molecule has 2 aromatic carbocycles. The monoisotopic (exact) mass is 324 g/mol. The molecule has 3 rings (SSSR count). The zero-order chi connectivity index (χ0) is 16.1. The number of hydrogen-bond donors (Lipinski definition) is 1. The van der Waals surface area contributed by atoms with Gasteiger partial charge in [-0.3, -0.25) is 10.1 Å². The maximum atomic E-state index is 10.6. The van der Waals surface area contributed by atoms with Crippen molar-refractivity contribution in [2.24, 2.45) is 0 Å². The van der Waals surface area contributed by atoms with Gasteiger partial charge in [-0.05, 0) is 40.8 Å². The maximum Gasteiger partial charge on any atom is 0.207 e. The number of nitrogens with zero attached hydrogens (tertiary/aromatic N) is 1. The van der Waals surface area contributed by atoms with Crippen LogP contribution in [0.4, 0.5) is 0 Å². The van der Waals surface area contributed by atoms with Crippen molar-refractivity contribution < 1.29 is 4.92 Å². The van der Waals surface area contributed by atoms with Gasteiger partial charge >= 0.3 is 0 Å². The molecule has 3 aromatic rings. The zero-order valence-electron chi connectivity index (χ0n) is 12.4. The van der Waals surface area contributed by atoms with Gasteiger partial charge in [0.25, 0.3) is 0 Å². The summed E-state index contributed by atoms with van der Waals surface area (Å²) in [5.74, 6) is 0. The first-order valence-corrected chi connectivity index (χ1v) is 8.21. The highest BCUT2D eigenvalue weighted by molar-refractivity contribution is 8.02. The summed E-state index contributed by atoms with van der Waals surface area (Å²) >= 11 is 1.65. The molecule has 0 radical (unpaired) electrons. The molecule has 0 aliphatic rings. The van der Waals surface area contributed by atoms with E-state index in [4.69, 9.17) is 0 Å². The molecule has 0 amide bonds. The number of nitro groups is 1. The fourth-order valence-electron chi connectivity index (χ4n) is 2.52. The molecule has 1 heterocycles. The molecule has 0 unspecified atom stereocenters. The Morgan fingerprint density at radius 3 is 2.74 bits per heavy atom. The molecule has 23 heavy (non-hydrogen) atoms. The Bertz CT molecular complexity index is 841. The molecule has 0 bridgehead atoms. The van der Waals surface area contributed by atoms with Crippen LogP contribution in [-0.2, 0) is 6.42 Å². The Morgan fingerprint density at radius 2 is 1.96 bits per heavy atom. The Hall–Kier alpha value is -2.53. The smallest absolute Gasteiger partial charge is 0.207 e. The number of aromatic amines is 1. The lowest BCUT2D eigenvalue weighted by atomic mass is 10.0. The second-order valence-corrected chi connectivity index (χ2v) is 6.10. The zero-order valence-corrected chi connectivity index (χ0v) is 13.3. The van der Waals surface area contributed by atoms with Gasteiger partial charge in [-0.25, -0.2) is 0 Å². The summed E-state index contributed by atoms with van der Waals surface area (Å²) in [5, 5.41) is 13.7. The molecule has 0 atom stereocenters. The number of hydrogen-bond acceptors (Lipinski definition) is 3. The Labute approximate surface area is 138 Å². The number of thioether (sulfide) groups is 1. The predicted octanol–water partition coefficient (Wildman–Crippen LogP) is 4.75. The minimum absolute atomic E-state index is 0.0518. The summed E-state index contributed by atoms with van der Waals surface area (Å²) in [7, 11) is 0. The molecular weight excluding hydrogens is 308 g/mol. The number of benzene rings is 2. The lowest BCUT2D eigenvalue weighted by Gasteiger charge is -2.01. The number of nitrogens with one attached hydrogen (secondary N) is 1. The largest absolute Gasteiger partial charge is 0.361 e. The lowest BCUT2D eigenvalue weighted by Crippen LogP contribution is -2.03. The van der Waals surface area contributed by atoms with E-state index >= 15 is 0 Å². The summed E-state index contributed by atoms with van der Waals surface area (Å²) in [6.45, 7) is -0.0518. The van der Waals surface area contributed by atoms with E-state index in [1.165, 1.54) is 4.90 Å². The maximum absolute atomic E-state index is 10.6. The van der Waals surface area contributed by atoms with Gasteiger partial charge in [-0.15, -0.1) is 0 Å². The Balaban J connectivity index is 1.85. The van der Waals surface area contributed by atoms with E-state index in [9.17, 15) is 10.1 Å². The molecule has 0 aliphatic heterocycles. The quantitative estimate of drug-likeness (QED) is 0.404. The van der Waals surface area contributed by atoms with Gasteiger partial charge in [-0.1, -0.05) is 42.1 Å². The van der Waals surface area contributed by atoms with Crippen molar-refractivity contribution in [2.75, 3.05) is 6.54 Å². The van der Waals surface area contributed by atoms with Crippen LogP contribution in [0.25, 0.3) is 17.0 Å². The van der Waals surface area contributed by atoms with Crippen molar-refractivity contribution in [1.29, 1.82) is 0 Å². The molecule has 0 saturated carbocycles. The number of rotatable bonds is 6. The fraction of sp³-hybridized carbons (Fsp3) is 0.111. The van der Waals surface area contributed by atoms with Crippen LogP contribution >= 0.6 is 11.8 Å². The third kappa shape index (κ3) is 3.81. The molecule has 0 saturated heterocycles. The molecule has 116 valence electrons. The SMILES string of the molecule is O=[N+]([O-])CCc1c[nH]c2cccc(/C=C/Sc3ccccc3)c12. The van der Waals surface area contributed by atoms with E-state index in [1.54, 1.807) is 11.8 Å². The first-order valence-electron chi connectivity index (χ1n) is 7.33. The first-order chi connectivity index (χ1) is 11.2. The average molecular weight is 324 g/mol. The molecule has 0 fully saturated rings. The van der Waals surface area contributed by atoms with Crippen LogP contribution in [0.5, 0.6) is 0 Å². The topological polar surface area (TPSA) is 58.9 Å². The second kappa shape index (κ2) is 7.15. The summed E-state index contributed by atoms with van der Waals surface area (Å²) in [4.78, 5) is 14.7. The van der Waals surface area contributed by atoms with Gasteiger partial charge in [0.1, 0.15) is 0 Å². The van der Waals surface area contributed by atoms with E-state index in [-0.39, 0.29) is 11.5 Å². The van der Waals surface area contributed by atoms with Crippen molar-refractivity contribution in [3.8, 4) is 0 Å². The minimum atomic E-state index is -0.275. The normalized spacial score (nSPS) is 11.3. The second-order valence-electron chi connectivity index (χ2n) is 5.12. The van der Waals surface area contributed by atoms with Crippen molar-refractivity contribution in [1.82, 2.24) is 4.98 Å². The van der Waals surface area contributed by atoms with Gasteiger partial charge in [-0.2, -0.15) is 0 Å². The van der Waals surface area contributed by atoms with Gasteiger partial charge < -0.3 is 4.98 Å². The predicted molar refractivity (Wildman–Crippen MR) is 95.2 cm³/mol. The van der Waals surface area contributed by atoms with Crippen LogP contribution in [0.3, 0.4) is 0 Å². The first kappa shape index (κ1) is 15.4. The van der Waals surface area contributed by atoms with E-state index < -0.39 is 0 Å². The van der Waals surface area contributed by atoms with Gasteiger partial charge in [0.05, 0.1) is 0 Å². The average Bonchev–Trinajstić information content (AvgIpc) is 2.98. The van der Waals surface area contributed by atoms with Crippen molar-refractivity contribution in [2.45, 2.75) is 11.3 Å². The molecular formula is C18H16N2O2S. The third-order valence-corrected chi connectivity index (χ3v) is 4.39.